The monoisotopic (exact) mass is 435 g/mol. The third-order valence-electron chi connectivity index (χ3n) is 4.89. The standard InChI is InChI=1S/C18H16F3N7O3/c1-11-10-14(27-17(22-11)23-16(24-27)18(19,20)21)25-6-8-26(9-7-25)15(29)12-2-4-13(5-3-12)28(30)31/h2-5,10H,6-9H2,1H3. The maximum atomic E-state index is 13.0. The number of nitrogens with zero attached hydrogens (tertiary/aromatic N) is 7. The first kappa shape index (κ1) is 20.5. The fourth-order valence-corrected chi connectivity index (χ4v) is 3.36. The van der Waals surface area contributed by atoms with E-state index in [1.807, 2.05) is 4.90 Å². The van der Waals surface area contributed by atoms with Gasteiger partial charge in [0.1, 0.15) is 5.82 Å². The maximum Gasteiger partial charge on any atom is 0.453 e. The molecular weight excluding hydrogens is 419 g/mol. The van der Waals surface area contributed by atoms with Crippen LogP contribution in [0.3, 0.4) is 0 Å². The van der Waals surface area contributed by atoms with Gasteiger partial charge in [-0.3, -0.25) is 14.9 Å². The fourth-order valence-electron chi connectivity index (χ4n) is 3.36. The molecule has 1 aromatic carbocycles. The van der Waals surface area contributed by atoms with Gasteiger partial charge < -0.3 is 9.80 Å². The Balaban J connectivity index is 1.52. The maximum absolute atomic E-state index is 13.0. The van der Waals surface area contributed by atoms with Crippen molar-refractivity contribution >= 4 is 23.2 Å². The van der Waals surface area contributed by atoms with Crippen LogP contribution in [0.2, 0.25) is 0 Å². The van der Waals surface area contributed by atoms with Gasteiger partial charge in [0.25, 0.3) is 23.2 Å². The Bertz CT molecular complexity index is 1150. The summed E-state index contributed by atoms with van der Waals surface area (Å²) in [4.78, 5) is 33.8. The number of halogens is 3. The van der Waals surface area contributed by atoms with E-state index in [4.69, 9.17) is 0 Å². The van der Waals surface area contributed by atoms with Crippen molar-refractivity contribution in [2.45, 2.75) is 13.1 Å². The largest absolute Gasteiger partial charge is 0.453 e. The van der Waals surface area contributed by atoms with Crippen LogP contribution in [-0.2, 0) is 6.18 Å². The van der Waals surface area contributed by atoms with Gasteiger partial charge in [0.05, 0.1) is 4.92 Å². The summed E-state index contributed by atoms with van der Waals surface area (Å²) in [5.41, 5.74) is 0.713. The van der Waals surface area contributed by atoms with E-state index in [-0.39, 0.29) is 17.4 Å². The van der Waals surface area contributed by atoms with Gasteiger partial charge in [0.2, 0.25) is 0 Å². The number of amides is 1. The minimum absolute atomic E-state index is 0.107. The van der Waals surface area contributed by atoms with Crippen LogP contribution in [0.5, 0.6) is 0 Å². The number of fused-ring (bicyclic) bond motifs is 1. The van der Waals surface area contributed by atoms with E-state index in [1.165, 1.54) is 24.3 Å². The predicted octanol–water partition coefficient (Wildman–Crippen LogP) is 2.32. The molecule has 0 spiro atoms. The average molecular weight is 435 g/mol. The molecule has 0 radical (unpaired) electrons. The van der Waals surface area contributed by atoms with Crippen LogP contribution in [-0.4, -0.2) is 61.5 Å². The van der Waals surface area contributed by atoms with Gasteiger partial charge in [-0.25, -0.2) is 4.98 Å². The van der Waals surface area contributed by atoms with Gasteiger partial charge >= 0.3 is 6.18 Å². The Kier molecular flexibility index (Phi) is 4.95. The molecule has 1 aliphatic rings. The van der Waals surface area contributed by atoms with Gasteiger partial charge in [0, 0.05) is 55.6 Å². The number of alkyl halides is 3. The van der Waals surface area contributed by atoms with Crippen LogP contribution in [0.15, 0.2) is 30.3 Å². The van der Waals surface area contributed by atoms with E-state index in [2.05, 4.69) is 15.1 Å². The number of non-ortho nitro benzene ring substituents is 1. The number of aromatic nitrogens is 4. The number of nitro benzene ring substituents is 1. The molecule has 1 saturated heterocycles. The van der Waals surface area contributed by atoms with Crippen molar-refractivity contribution in [1.29, 1.82) is 0 Å². The van der Waals surface area contributed by atoms with Crippen LogP contribution in [0.25, 0.3) is 5.78 Å². The smallest absolute Gasteiger partial charge is 0.353 e. The molecule has 13 heteroatoms. The number of carbonyl (C=O) groups excluding carboxylic acids is 1. The number of nitro groups is 1. The summed E-state index contributed by atoms with van der Waals surface area (Å²) in [7, 11) is 0. The summed E-state index contributed by atoms with van der Waals surface area (Å²) in [6.45, 7) is 3.01. The second-order valence-electron chi connectivity index (χ2n) is 6.98. The highest BCUT2D eigenvalue weighted by atomic mass is 19.4. The number of hydrogen-bond donors (Lipinski definition) is 0. The zero-order chi connectivity index (χ0) is 22.3. The number of aryl methyl sites for hydroxylation is 1. The molecule has 0 aliphatic carbocycles. The van der Waals surface area contributed by atoms with E-state index in [0.717, 1.165) is 4.52 Å². The Morgan fingerprint density at radius 3 is 2.32 bits per heavy atom. The average Bonchev–Trinajstić information content (AvgIpc) is 3.17. The zero-order valence-electron chi connectivity index (χ0n) is 16.2. The molecule has 31 heavy (non-hydrogen) atoms. The topological polar surface area (TPSA) is 110 Å². The predicted molar refractivity (Wildman–Crippen MR) is 102 cm³/mol. The summed E-state index contributed by atoms with van der Waals surface area (Å²) in [6, 6.07) is 6.95. The molecule has 1 fully saturated rings. The highest BCUT2D eigenvalue weighted by Gasteiger charge is 2.37. The molecule has 0 N–H and O–H groups in total. The van der Waals surface area contributed by atoms with Crippen molar-refractivity contribution in [1.82, 2.24) is 24.5 Å². The first-order valence-electron chi connectivity index (χ1n) is 9.24. The number of rotatable bonds is 3. The van der Waals surface area contributed by atoms with Crippen LogP contribution in [0, 0.1) is 17.0 Å². The Labute approximate surface area is 173 Å². The van der Waals surface area contributed by atoms with Crippen molar-refractivity contribution in [2.24, 2.45) is 0 Å². The SMILES string of the molecule is Cc1cc(N2CCN(C(=O)c3ccc([N+](=O)[O-])cc3)CC2)n2nc(C(F)(F)F)nc2n1. The number of carbonyl (C=O) groups is 1. The molecule has 0 atom stereocenters. The quantitative estimate of drug-likeness (QED) is 0.459. The zero-order valence-corrected chi connectivity index (χ0v) is 16.2. The van der Waals surface area contributed by atoms with Gasteiger partial charge in [-0.05, 0) is 19.1 Å². The van der Waals surface area contributed by atoms with Crippen LogP contribution >= 0.6 is 0 Å². The van der Waals surface area contributed by atoms with Crippen LogP contribution in [0.4, 0.5) is 24.7 Å². The van der Waals surface area contributed by atoms with Gasteiger partial charge in [0.15, 0.2) is 0 Å². The summed E-state index contributed by atoms with van der Waals surface area (Å²) in [6.07, 6.45) is -4.69. The fraction of sp³-hybridized carbons (Fsp3) is 0.333. The van der Waals surface area contributed by atoms with Gasteiger partial charge in [-0.15, -0.1) is 5.10 Å². The van der Waals surface area contributed by atoms with Crippen molar-refractivity contribution < 1.29 is 22.9 Å². The highest BCUT2D eigenvalue weighted by Crippen LogP contribution is 2.28. The molecule has 0 unspecified atom stereocenters. The minimum atomic E-state index is -4.69. The number of benzene rings is 1. The van der Waals surface area contributed by atoms with E-state index < -0.39 is 16.9 Å². The molecule has 1 aliphatic heterocycles. The molecule has 162 valence electrons. The number of piperazine rings is 1. The molecule has 10 nitrogen and oxygen atoms in total. The lowest BCUT2D eigenvalue weighted by atomic mass is 10.1. The van der Waals surface area contributed by atoms with E-state index in [9.17, 15) is 28.1 Å². The molecular formula is C18H16F3N7O3. The lowest BCUT2D eigenvalue weighted by molar-refractivity contribution is -0.384. The molecule has 3 heterocycles. The lowest BCUT2D eigenvalue weighted by Crippen LogP contribution is -2.49. The molecule has 4 rings (SSSR count). The van der Waals surface area contributed by atoms with Crippen molar-refractivity contribution in [3.05, 3.63) is 57.5 Å². The molecule has 0 bridgehead atoms. The third-order valence-corrected chi connectivity index (χ3v) is 4.89. The minimum Gasteiger partial charge on any atom is -0.353 e. The Hall–Kier alpha value is -3.77. The Morgan fingerprint density at radius 2 is 1.74 bits per heavy atom. The van der Waals surface area contributed by atoms with Crippen molar-refractivity contribution in [3.63, 3.8) is 0 Å². The van der Waals surface area contributed by atoms with Crippen LogP contribution < -0.4 is 4.90 Å². The van der Waals surface area contributed by atoms with E-state index >= 15 is 0 Å². The number of hydrogen-bond acceptors (Lipinski definition) is 7. The lowest BCUT2D eigenvalue weighted by Gasteiger charge is -2.36. The van der Waals surface area contributed by atoms with Gasteiger partial charge in [-0.2, -0.15) is 22.7 Å². The second kappa shape index (κ2) is 7.49. The first-order chi connectivity index (χ1) is 14.6. The summed E-state index contributed by atoms with van der Waals surface area (Å²) >= 11 is 0. The van der Waals surface area contributed by atoms with Crippen LogP contribution in [0.1, 0.15) is 21.9 Å². The summed E-state index contributed by atoms with van der Waals surface area (Å²) in [5.74, 6) is -1.27. The molecule has 2 aromatic heterocycles. The molecule has 1 amide bonds. The molecule has 0 saturated carbocycles. The third kappa shape index (κ3) is 3.98. The molecule has 3 aromatic rings. The van der Waals surface area contributed by atoms with E-state index in [0.29, 0.717) is 43.3 Å². The highest BCUT2D eigenvalue weighted by molar-refractivity contribution is 5.94. The number of anilines is 1. The van der Waals surface area contributed by atoms with Gasteiger partial charge in [-0.1, -0.05) is 0 Å². The normalized spacial score (nSPS) is 14.8. The summed E-state index contributed by atoms with van der Waals surface area (Å²) in [5, 5.41) is 14.3. The first-order valence-corrected chi connectivity index (χ1v) is 9.24. The Morgan fingerprint density at radius 1 is 1.10 bits per heavy atom. The van der Waals surface area contributed by atoms with Crippen molar-refractivity contribution in [3.8, 4) is 0 Å². The van der Waals surface area contributed by atoms with E-state index in [1.54, 1.807) is 17.9 Å². The van der Waals surface area contributed by atoms with Crippen molar-refractivity contribution in [2.75, 3.05) is 31.1 Å². The second-order valence-corrected chi connectivity index (χ2v) is 6.98. The summed E-state index contributed by atoms with van der Waals surface area (Å²) < 4.78 is 40.1.